The Kier molecular flexibility index (Phi) is 3.79. The fraction of sp³-hybridized carbons (Fsp3) is 0.308. The molecule has 0 saturated carbocycles. The van der Waals surface area contributed by atoms with Crippen LogP contribution in [0.4, 0.5) is 0 Å². The van der Waals surface area contributed by atoms with E-state index in [1.54, 1.807) is 25.1 Å². The Morgan fingerprint density at radius 2 is 2.16 bits per heavy atom. The van der Waals surface area contributed by atoms with E-state index in [2.05, 4.69) is 10.1 Å². The molecular formula is C13H14N2O4. The first-order valence-electron chi connectivity index (χ1n) is 5.71. The van der Waals surface area contributed by atoms with Gasteiger partial charge in [0, 0.05) is 12.5 Å². The number of aromatic nitrogens is 2. The quantitative estimate of drug-likeness (QED) is 0.769. The predicted molar refractivity (Wildman–Crippen MR) is 66.4 cm³/mol. The van der Waals surface area contributed by atoms with E-state index in [1.165, 1.54) is 14.0 Å². The van der Waals surface area contributed by atoms with Crippen LogP contribution >= 0.6 is 0 Å². The SMILES string of the molecule is COc1cc(C(C)=O)ccc1OCc1noc(C)n1. The third-order valence-corrected chi connectivity index (χ3v) is 2.50. The Morgan fingerprint density at radius 1 is 1.37 bits per heavy atom. The van der Waals surface area contributed by atoms with Crippen molar-refractivity contribution in [1.82, 2.24) is 10.1 Å². The number of ether oxygens (including phenoxy) is 2. The van der Waals surface area contributed by atoms with Gasteiger partial charge in [0.1, 0.15) is 0 Å². The molecule has 0 bridgehead atoms. The van der Waals surface area contributed by atoms with Gasteiger partial charge in [-0.1, -0.05) is 5.16 Å². The Morgan fingerprint density at radius 3 is 2.74 bits per heavy atom. The average molecular weight is 262 g/mol. The lowest BCUT2D eigenvalue weighted by Gasteiger charge is -2.10. The van der Waals surface area contributed by atoms with Gasteiger partial charge < -0.3 is 14.0 Å². The lowest BCUT2D eigenvalue weighted by molar-refractivity contribution is 0.101. The molecule has 0 aliphatic rings. The number of methoxy groups -OCH3 is 1. The summed E-state index contributed by atoms with van der Waals surface area (Å²) in [7, 11) is 1.52. The van der Waals surface area contributed by atoms with Crippen LogP contribution in [0.15, 0.2) is 22.7 Å². The normalized spacial score (nSPS) is 10.3. The molecule has 0 radical (unpaired) electrons. The highest BCUT2D eigenvalue weighted by molar-refractivity contribution is 5.94. The minimum atomic E-state index is -0.0290. The number of ketones is 1. The third-order valence-electron chi connectivity index (χ3n) is 2.50. The van der Waals surface area contributed by atoms with Gasteiger partial charge >= 0.3 is 0 Å². The van der Waals surface area contributed by atoms with Crippen LogP contribution in [0, 0.1) is 6.92 Å². The van der Waals surface area contributed by atoms with Gasteiger partial charge in [-0.25, -0.2) is 0 Å². The van der Waals surface area contributed by atoms with Gasteiger partial charge in [0.25, 0.3) is 0 Å². The number of hydrogen-bond donors (Lipinski definition) is 0. The summed E-state index contributed by atoms with van der Waals surface area (Å²) in [6, 6.07) is 5.00. The Balaban J connectivity index is 2.13. The topological polar surface area (TPSA) is 74.5 Å². The van der Waals surface area contributed by atoms with Crippen LogP contribution in [0.1, 0.15) is 29.0 Å². The molecule has 0 N–H and O–H groups in total. The zero-order chi connectivity index (χ0) is 13.8. The molecule has 0 fully saturated rings. The number of hydrogen-bond acceptors (Lipinski definition) is 6. The largest absolute Gasteiger partial charge is 0.493 e. The predicted octanol–water partition coefficient (Wildman–Crippen LogP) is 2.17. The van der Waals surface area contributed by atoms with E-state index in [0.29, 0.717) is 28.8 Å². The minimum absolute atomic E-state index is 0.0290. The molecule has 1 aromatic carbocycles. The van der Waals surface area contributed by atoms with E-state index in [1.807, 2.05) is 0 Å². The maximum atomic E-state index is 11.3. The van der Waals surface area contributed by atoms with Crippen LogP contribution < -0.4 is 9.47 Å². The fourth-order valence-electron chi connectivity index (χ4n) is 1.55. The summed E-state index contributed by atoms with van der Waals surface area (Å²) in [6.07, 6.45) is 0. The van der Waals surface area contributed by atoms with Crippen molar-refractivity contribution in [2.75, 3.05) is 7.11 Å². The van der Waals surface area contributed by atoms with Crippen molar-refractivity contribution in [3.8, 4) is 11.5 Å². The highest BCUT2D eigenvalue weighted by Crippen LogP contribution is 2.28. The minimum Gasteiger partial charge on any atom is -0.493 e. The monoisotopic (exact) mass is 262 g/mol. The van der Waals surface area contributed by atoms with Crippen molar-refractivity contribution in [3.63, 3.8) is 0 Å². The number of carbonyl (C=O) groups is 1. The van der Waals surface area contributed by atoms with Crippen molar-refractivity contribution >= 4 is 5.78 Å². The summed E-state index contributed by atoms with van der Waals surface area (Å²) in [6.45, 7) is 3.38. The Hall–Kier alpha value is -2.37. The molecular weight excluding hydrogens is 248 g/mol. The third kappa shape index (κ3) is 3.09. The first kappa shape index (κ1) is 13.1. The summed E-state index contributed by atoms with van der Waals surface area (Å²) in [4.78, 5) is 15.3. The van der Waals surface area contributed by atoms with Crippen LogP contribution in [0.3, 0.4) is 0 Å². The molecule has 100 valence electrons. The van der Waals surface area contributed by atoms with Crippen LogP contribution in [0.2, 0.25) is 0 Å². The van der Waals surface area contributed by atoms with Gasteiger partial charge in [-0.3, -0.25) is 4.79 Å². The second-order valence-electron chi connectivity index (χ2n) is 3.94. The van der Waals surface area contributed by atoms with Crippen LogP contribution in [-0.4, -0.2) is 23.0 Å². The maximum absolute atomic E-state index is 11.3. The van der Waals surface area contributed by atoms with Gasteiger partial charge in [0.05, 0.1) is 7.11 Å². The Bertz CT molecular complexity index is 592. The van der Waals surface area contributed by atoms with Crippen LogP contribution in [-0.2, 0) is 6.61 Å². The van der Waals surface area contributed by atoms with Gasteiger partial charge in [0.15, 0.2) is 23.9 Å². The van der Waals surface area contributed by atoms with E-state index < -0.39 is 0 Å². The fourth-order valence-corrected chi connectivity index (χ4v) is 1.55. The molecule has 2 rings (SSSR count). The molecule has 0 amide bonds. The van der Waals surface area contributed by atoms with Crippen molar-refractivity contribution in [3.05, 3.63) is 35.5 Å². The lowest BCUT2D eigenvalue weighted by Crippen LogP contribution is -2.01. The van der Waals surface area contributed by atoms with Crippen molar-refractivity contribution in [1.29, 1.82) is 0 Å². The molecule has 19 heavy (non-hydrogen) atoms. The standard InChI is InChI=1S/C13H14N2O4/c1-8(16)10-4-5-11(12(6-10)17-3)18-7-13-14-9(2)19-15-13/h4-6H,7H2,1-3H3. The van der Waals surface area contributed by atoms with Gasteiger partial charge in [-0.15, -0.1) is 0 Å². The summed E-state index contributed by atoms with van der Waals surface area (Å²) in [5, 5.41) is 3.73. The molecule has 6 heteroatoms. The van der Waals surface area contributed by atoms with Crippen LogP contribution in [0.25, 0.3) is 0 Å². The zero-order valence-electron chi connectivity index (χ0n) is 11.0. The average Bonchev–Trinajstić information content (AvgIpc) is 2.81. The Labute approximate surface area is 110 Å². The molecule has 1 heterocycles. The second kappa shape index (κ2) is 5.51. The van der Waals surface area contributed by atoms with Gasteiger partial charge in [-0.2, -0.15) is 4.98 Å². The lowest BCUT2D eigenvalue weighted by atomic mass is 10.1. The number of Topliss-reactive ketones (excluding diaryl/α,β-unsaturated/α-hetero) is 1. The van der Waals surface area contributed by atoms with Crippen molar-refractivity contribution in [2.24, 2.45) is 0 Å². The molecule has 0 saturated heterocycles. The molecule has 1 aromatic heterocycles. The summed E-state index contributed by atoms with van der Waals surface area (Å²) >= 11 is 0. The van der Waals surface area contributed by atoms with E-state index in [0.717, 1.165) is 0 Å². The second-order valence-corrected chi connectivity index (χ2v) is 3.94. The number of nitrogens with zero attached hydrogens (tertiary/aromatic N) is 2. The maximum Gasteiger partial charge on any atom is 0.223 e. The molecule has 6 nitrogen and oxygen atoms in total. The van der Waals surface area contributed by atoms with Gasteiger partial charge in [0.2, 0.25) is 11.7 Å². The molecule has 2 aromatic rings. The van der Waals surface area contributed by atoms with E-state index >= 15 is 0 Å². The number of rotatable bonds is 5. The van der Waals surface area contributed by atoms with Crippen molar-refractivity contribution in [2.45, 2.75) is 20.5 Å². The molecule has 0 aliphatic heterocycles. The summed E-state index contributed by atoms with van der Waals surface area (Å²) in [5.41, 5.74) is 0.569. The first-order valence-corrected chi connectivity index (χ1v) is 5.71. The highest BCUT2D eigenvalue weighted by Gasteiger charge is 2.10. The summed E-state index contributed by atoms with van der Waals surface area (Å²) < 4.78 is 15.6. The number of carbonyl (C=O) groups excluding carboxylic acids is 1. The van der Waals surface area contributed by atoms with Crippen molar-refractivity contribution < 1.29 is 18.8 Å². The van der Waals surface area contributed by atoms with E-state index in [-0.39, 0.29) is 12.4 Å². The van der Waals surface area contributed by atoms with E-state index in [9.17, 15) is 4.79 Å². The molecule has 0 atom stereocenters. The summed E-state index contributed by atoms with van der Waals surface area (Å²) in [5.74, 6) is 1.93. The van der Waals surface area contributed by atoms with E-state index in [4.69, 9.17) is 14.0 Å². The number of aryl methyl sites for hydroxylation is 1. The van der Waals surface area contributed by atoms with Gasteiger partial charge in [-0.05, 0) is 25.1 Å². The zero-order valence-corrected chi connectivity index (χ0v) is 11.0. The molecule has 0 unspecified atom stereocenters. The smallest absolute Gasteiger partial charge is 0.223 e. The molecule has 0 spiro atoms. The number of benzene rings is 1. The highest BCUT2D eigenvalue weighted by atomic mass is 16.5. The first-order chi connectivity index (χ1) is 9.10. The molecule has 0 aliphatic carbocycles. The van der Waals surface area contributed by atoms with Crippen LogP contribution in [0.5, 0.6) is 11.5 Å².